The molecule has 29 heavy (non-hydrogen) atoms. The monoisotopic (exact) mass is 412 g/mol. The second-order valence-corrected chi connectivity index (χ2v) is 7.90. The number of carbonyl (C=O) groups excluding carboxylic acids is 3. The van der Waals surface area contributed by atoms with Gasteiger partial charge < -0.3 is 10.0 Å². The maximum absolute atomic E-state index is 12.9. The fourth-order valence-corrected chi connectivity index (χ4v) is 4.13. The van der Waals surface area contributed by atoms with Crippen LogP contribution in [0.2, 0.25) is 0 Å². The fraction of sp³-hybridized carbons (Fsp3) is 0.238. The van der Waals surface area contributed by atoms with Crippen LogP contribution in [0.15, 0.2) is 42.5 Å². The van der Waals surface area contributed by atoms with E-state index in [4.69, 9.17) is 0 Å². The molecule has 1 aliphatic heterocycles. The van der Waals surface area contributed by atoms with Crippen LogP contribution in [0.25, 0.3) is 0 Å². The van der Waals surface area contributed by atoms with E-state index >= 15 is 0 Å². The van der Waals surface area contributed by atoms with Gasteiger partial charge in [0.1, 0.15) is 5.25 Å². The lowest BCUT2D eigenvalue weighted by Gasteiger charge is -2.21. The summed E-state index contributed by atoms with van der Waals surface area (Å²) in [6.45, 7) is 3.73. The van der Waals surface area contributed by atoms with Gasteiger partial charge in [-0.1, -0.05) is 24.3 Å². The maximum Gasteiger partial charge on any atom is 0.337 e. The van der Waals surface area contributed by atoms with Crippen molar-refractivity contribution in [3.63, 3.8) is 0 Å². The highest BCUT2D eigenvalue weighted by atomic mass is 32.2. The summed E-state index contributed by atoms with van der Waals surface area (Å²) in [4.78, 5) is 51.8. The number of amides is 3. The van der Waals surface area contributed by atoms with E-state index in [1.807, 2.05) is 19.9 Å². The zero-order valence-electron chi connectivity index (χ0n) is 16.2. The number of aromatic carboxylic acids is 1. The van der Waals surface area contributed by atoms with Crippen molar-refractivity contribution < 1.29 is 24.3 Å². The third kappa shape index (κ3) is 3.88. The molecule has 0 aliphatic carbocycles. The number of carbonyl (C=O) groups is 4. The second kappa shape index (κ2) is 8.08. The van der Waals surface area contributed by atoms with Crippen LogP contribution in [0.4, 0.5) is 16.2 Å². The number of aryl methyl sites for hydroxylation is 1. The van der Waals surface area contributed by atoms with Crippen molar-refractivity contribution >= 4 is 46.2 Å². The molecule has 0 spiro atoms. The van der Waals surface area contributed by atoms with Crippen LogP contribution in [0, 0.1) is 13.8 Å². The largest absolute Gasteiger partial charge is 0.478 e. The van der Waals surface area contributed by atoms with Gasteiger partial charge in [0, 0.05) is 13.5 Å². The molecule has 3 amide bonds. The van der Waals surface area contributed by atoms with Crippen molar-refractivity contribution in [3.8, 4) is 0 Å². The molecule has 1 atom stereocenters. The maximum atomic E-state index is 12.9. The molecule has 1 fully saturated rings. The summed E-state index contributed by atoms with van der Waals surface area (Å²) in [6.07, 6.45) is -0.207. The first-order valence-corrected chi connectivity index (χ1v) is 9.80. The predicted molar refractivity (Wildman–Crippen MR) is 112 cm³/mol. The number of thioether (sulfide) groups is 1. The average molecular weight is 412 g/mol. The minimum absolute atomic E-state index is 0.0122. The van der Waals surface area contributed by atoms with Crippen LogP contribution in [0.1, 0.15) is 27.9 Å². The third-order valence-corrected chi connectivity index (χ3v) is 6.01. The molecule has 1 aliphatic rings. The smallest absolute Gasteiger partial charge is 0.337 e. The van der Waals surface area contributed by atoms with Crippen molar-refractivity contribution in [1.29, 1.82) is 0 Å². The zero-order valence-corrected chi connectivity index (χ0v) is 17.0. The van der Waals surface area contributed by atoms with Crippen LogP contribution >= 0.6 is 11.8 Å². The van der Waals surface area contributed by atoms with Crippen molar-refractivity contribution in [2.45, 2.75) is 25.5 Å². The van der Waals surface area contributed by atoms with Gasteiger partial charge in [0.25, 0.3) is 5.24 Å². The van der Waals surface area contributed by atoms with Gasteiger partial charge in [-0.25, -0.2) is 9.69 Å². The van der Waals surface area contributed by atoms with Crippen LogP contribution in [0.3, 0.4) is 0 Å². The summed E-state index contributed by atoms with van der Waals surface area (Å²) < 4.78 is 0. The van der Waals surface area contributed by atoms with Gasteiger partial charge in [-0.3, -0.25) is 14.4 Å². The number of imide groups is 1. The topological polar surface area (TPSA) is 95.0 Å². The number of carboxylic acid groups (broad SMARTS) is 1. The first kappa shape index (κ1) is 20.6. The number of hydrogen-bond acceptors (Lipinski definition) is 5. The molecule has 0 radical (unpaired) electrons. The number of rotatable bonds is 5. The van der Waals surface area contributed by atoms with Crippen molar-refractivity contribution in [2.24, 2.45) is 0 Å². The van der Waals surface area contributed by atoms with E-state index in [-0.39, 0.29) is 17.7 Å². The Bertz CT molecular complexity index is 1020. The van der Waals surface area contributed by atoms with Crippen molar-refractivity contribution in [3.05, 3.63) is 59.2 Å². The van der Waals surface area contributed by atoms with E-state index in [0.29, 0.717) is 5.69 Å². The first-order chi connectivity index (χ1) is 13.7. The van der Waals surface area contributed by atoms with E-state index in [2.05, 4.69) is 0 Å². The summed E-state index contributed by atoms with van der Waals surface area (Å²) >= 11 is 0.816. The highest BCUT2D eigenvalue weighted by molar-refractivity contribution is 8.15. The average Bonchev–Trinajstić information content (AvgIpc) is 2.96. The van der Waals surface area contributed by atoms with Gasteiger partial charge in [-0.15, -0.1) is 0 Å². The Morgan fingerprint density at radius 2 is 1.79 bits per heavy atom. The Morgan fingerprint density at radius 3 is 2.48 bits per heavy atom. The lowest BCUT2D eigenvalue weighted by Crippen LogP contribution is -2.36. The summed E-state index contributed by atoms with van der Waals surface area (Å²) in [5.74, 6) is -2.04. The Morgan fingerprint density at radius 1 is 1.10 bits per heavy atom. The lowest BCUT2D eigenvalue weighted by atomic mass is 10.1. The SMILES string of the molecule is Cc1cccc(N2C(=O)SC(CC(=O)N(C)c3ccccc3C(=O)O)C2=O)c1C. The van der Waals surface area contributed by atoms with E-state index in [1.165, 1.54) is 24.1 Å². The van der Waals surface area contributed by atoms with Gasteiger partial charge in [-0.2, -0.15) is 0 Å². The molecular formula is C21H20N2O5S. The Kier molecular flexibility index (Phi) is 5.74. The Balaban J connectivity index is 1.80. The Labute approximate surface area is 172 Å². The van der Waals surface area contributed by atoms with Crippen LogP contribution in [-0.2, 0) is 9.59 Å². The van der Waals surface area contributed by atoms with E-state index in [0.717, 1.165) is 27.8 Å². The summed E-state index contributed by atoms with van der Waals surface area (Å²) in [7, 11) is 1.46. The van der Waals surface area contributed by atoms with E-state index < -0.39 is 28.3 Å². The van der Waals surface area contributed by atoms with Gasteiger partial charge in [0.2, 0.25) is 11.8 Å². The molecule has 2 aromatic carbocycles. The molecule has 1 N–H and O–H groups in total. The highest BCUT2D eigenvalue weighted by Crippen LogP contribution is 2.36. The van der Waals surface area contributed by atoms with E-state index in [9.17, 15) is 24.3 Å². The zero-order chi connectivity index (χ0) is 21.3. The molecule has 2 aromatic rings. The fourth-order valence-electron chi connectivity index (χ4n) is 3.16. The van der Waals surface area contributed by atoms with E-state index in [1.54, 1.807) is 24.3 Å². The lowest BCUT2D eigenvalue weighted by molar-refractivity contribution is -0.122. The number of para-hydroxylation sites is 1. The molecule has 1 unspecified atom stereocenters. The standard InChI is InChI=1S/C21H20N2O5S/c1-12-7-6-10-15(13(12)2)23-19(25)17(29-21(23)28)11-18(24)22(3)16-9-5-4-8-14(16)20(26)27/h4-10,17H,11H2,1-3H3,(H,26,27). The minimum atomic E-state index is -1.15. The number of nitrogens with zero attached hydrogens (tertiary/aromatic N) is 2. The van der Waals surface area contributed by atoms with Crippen molar-refractivity contribution in [1.82, 2.24) is 0 Å². The third-order valence-electron chi connectivity index (χ3n) is 4.97. The molecule has 7 nitrogen and oxygen atoms in total. The summed E-state index contributed by atoms with van der Waals surface area (Å²) in [5.41, 5.74) is 2.53. The molecule has 8 heteroatoms. The molecule has 1 saturated heterocycles. The van der Waals surface area contributed by atoms with Crippen LogP contribution in [-0.4, -0.2) is 40.4 Å². The molecule has 3 rings (SSSR count). The minimum Gasteiger partial charge on any atom is -0.478 e. The molecule has 150 valence electrons. The number of carboxylic acids is 1. The number of benzene rings is 2. The summed E-state index contributed by atoms with van der Waals surface area (Å²) in [5, 5.41) is 8.05. The predicted octanol–water partition coefficient (Wildman–Crippen LogP) is 3.62. The number of anilines is 2. The highest BCUT2D eigenvalue weighted by Gasteiger charge is 2.42. The number of hydrogen-bond donors (Lipinski definition) is 1. The van der Waals surface area contributed by atoms with Crippen molar-refractivity contribution in [2.75, 3.05) is 16.8 Å². The Hall–Kier alpha value is -3.13. The molecule has 0 bridgehead atoms. The van der Waals surface area contributed by atoms with Gasteiger partial charge in [0.05, 0.1) is 16.9 Å². The molecular weight excluding hydrogens is 392 g/mol. The second-order valence-electron chi connectivity index (χ2n) is 6.74. The molecule has 1 heterocycles. The van der Waals surface area contributed by atoms with Gasteiger partial charge >= 0.3 is 5.97 Å². The quantitative estimate of drug-likeness (QED) is 0.806. The van der Waals surface area contributed by atoms with Gasteiger partial charge in [0.15, 0.2) is 0 Å². The van der Waals surface area contributed by atoms with Crippen LogP contribution < -0.4 is 9.80 Å². The molecule has 0 aromatic heterocycles. The first-order valence-electron chi connectivity index (χ1n) is 8.92. The van der Waals surface area contributed by atoms with Gasteiger partial charge in [-0.05, 0) is 54.9 Å². The normalized spacial score (nSPS) is 16.2. The van der Waals surface area contributed by atoms with Crippen LogP contribution in [0.5, 0.6) is 0 Å². The summed E-state index contributed by atoms with van der Waals surface area (Å²) in [6, 6.07) is 11.5. The molecule has 0 saturated carbocycles.